The number of halogens is 1. The Morgan fingerprint density at radius 1 is 1.12 bits per heavy atom. The molecule has 0 aliphatic carbocycles. The first-order chi connectivity index (χ1) is 24.5. The lowest BCUT2D eigenvalue weighted by atomic mass is 9.85. The molecule has 1 fully saturated rings. The van der Waals surface area contributed by atoms with Crippen LogP contribution in [0.15, 0.2) is 48.0 Å². The van der Waals surface area contributed by atoms with Gasteiger partial charge in [-0.15, -0.1) is 11.3 Å². The van der Waals surface area contributed by atoms with Crippen LogP contribution in [-0.2, 0) is 25.6 Å². The molecule has 4 rings (SSSR count). The standard InChI is InChI=1S/C38H51ClN6O6S/c1-22(24-12-14-26(15-13-24)34-23(2)42-21-52-34)43-36(49)29-18-28(46)19-45(29)37(50)35(38(3,4)5)44-32(48)11-7-9-25-8-6-10-30(33(25)39)51-20-27(40)16-17-31(41)47/h6,8,10,12-15,21-22,27-29,35,46H,7,9,11,16-20,40H2,1-5H3,(H2,41,47)(H,43,49)(H,44,48)/t22-,27-,28-,29-,35+/m0/s1. The summed E-state index contributed by atoms with van der Waals surface area (Å²) in [6.07, 6.45) is 0.860. The predicted octanol–water partition coefficient (Wildman–Crippen LogP) is 4.44. The summed E-state index contributed by atoms with van der Waals surface area (Å²) < 4.78 is 5.78. The number of carbonyl (C=O) groups excluding carboxylic acids is 4. The third-order valence-electron chi connectivity index (χ3n) is 9.17. The van der Waals surface area contributed by atoms with Gasteiger partial charge < -0.3 is 36.8 Å². The second kappa shape index (κ2) is 18.1. The Kier molecular flexibility index (Phi) is 14.2. The largest absolute Gasteiger partial charge is 0.490 e. The van der Waals surface area contributed by atoms with Gasteiger partial charge in [0.2, 0.25) is 23.6 Å². The van der Waals surface area contributed by atoms with Gasteiger partial charge in [0.25, 0.3) is 0 Å². The molecule has 1 aromatic heterocycles. The van der Waals surface area contributed by atoms with E-state index in [-0.39, 0.29) is 56.3 Å². The average molecular weight is 755 g/mol. The van der Waals surface area contributed by atoms with Gasteiger partial charge in [0.05, 0.1) is 33.3 Å². The Balaban J connectivity index is 1.34. The number of aliphatic hydroxyl groups excluding tert-OH is 1. The van der Waals surface area contributed by atoms with E-state index in [1.165, 1.54) is 4.90 Å². The van der Waals surface area contributed by atoms with Crippen LogP contribution < -0.4 is 26.8 Å². The number of nitrogens with two attached hydrogens (primary N) is 2. The Morgan fingerprint density at radius 3 is 2.46 bits per heavy atom. The number of hydrogen-bond acceptors (Lipinski definition) is 9. The topological polar surface area (TPSA) is 190 Å². The maximum absolute atomic E-state index is 14.0. The van der Waals surface area contributed by atoms with Gasteiger partial charge in [-0.2, -0.15) is 0 Å². The molecule has 4 amide bonds. The van der Waals surface area contributed by atoms with Crippen LogP contribution in [0.2, 0.25) is 5.02 Å². The summed E-state index contributed by atoms with van der Waals surface area (Å²) in [7, 11) is 0. The van der Waals surface area contributed by atoms with Crippen LogP contribution in [0, 0.1) is 12.3 Å². The van der Waals surface area contributed by atoms with Crippen molar-refractivity contribution in [3.05, 3.63) is 69.8 Å². The Morgan fingerprint density at radius 2 is 1.83 bits per heavy atom. The zero-order valence-corrected chi connectivity index (χ0v) is 32.1. The van der Waals surface area contributed by atoms with E-state index < -0.39 is 35.4 Å². The normalized spacial score (nSPS) is 17.7. The van der Waals surface area contributed by atoms with Crippen LogP contribution >= 0.6 is 22.9 Å². The van der Waals surface area contributed by atoms with Crippen molar-refractivity contribution in [1.82, 2.24) is 20.5 Å². The number of aryl methyl sites for hydroxylation is 2. The zero-order valence-electron chi connectivity index (χ0n) is 30.5. The number of nitrogens with one attached hydrogen (secondary N) is 2. The first-order valence-electron chi connectivity index (χ1n) is 17.6. The number of amides is 4. The van der Waals surface area contributed by atoms with Gasteiger partial charge in [0.1, 0.15) is 24.4 Å². The van der Waals surface area contributed by atoms with Crippen molar-refractivity contribution in [3.63, 3.8) is 0 Å². The number of rotatable bonds is 16. The first-order valence-corrected chi connectivity index (χ1v) is 18.8. The van der Waals surface area contributed by atoms with Gasteiger partial charge in [0.15, 0.2) is 0 Å². The summed E-state index contributed by atoms with van der Waals surface area (Å²) in [6.45, 7) is 9.55. The summed E-state index contributed by atoms with van der Waals surface area (Å²) >= 11 is 8.17. The van der Waals surface area contributed by atoms with E-state index in [2.05, 4.69) is 15.6 Å². The molecular formula is C38H51ClN6O6S. The highest BCUT2D eigenvalue weighted by Gasteiger charge is 2.44. The molecule has 0 saturated carbocycles. The first kappa shape index (κ1) is 40.7. The van der Waals surface area contributed by atoms with E-state index >= 15 is 0 Å². The summed E-state index contributed by atoms with van der Waals surface area (Å²) in [5.41, 5.74) is 16.0. The Hall–Kier alpha value is -4.04. The van der Waals surface area contributed by atoms with E-state index in [0.717, 1.165) is 27.3 Å². The molecule has 5 atom stereocenters. The smallest absolute Gasteiger partial charge is 0.246 e. The average Bonchev–Trinajstić information content (AvgIpc) is 3.70. The van der Waals surface area contributed by atoms with Crippen molar-refractivity contribution in [2.24, 2.45) is 16.9 Å². The molecule has 0 bridgehead atoms. The van der Waals surface area contributed by atoms with Crippen molar-refractivity contribution in [1.29, 1.82) is 0 Å². The minimum absolute atomic E-state index is 0.0103. The molecule has 2 heterocycles. The lowest BCUT2D eigenvalue weighted by Gasteiger charge is -2.35. The fourth-order valence-electron chi connectivity index (χ4n) is 6.16. The molecule has 7 N–H and O–H groups in total. The summed E-state index contributed by atoms with van der Waals surface area (Å²) in [5, 5.41) is 16.9. The number of nitrogens with zero attached hydrogens (tertiary/aromatic N) is 2. The molecule has 14 heteroatoms. The van der Waals surface area contributed by atoms with E-state index in [0.29, 0.717) is 30.0 Å². The van der Waals surface area contributed by atoms with Crippen LogP contribution in [0.4, 0.5) is 0 Å². The summed E-state index contributed by atoms with van der Waals surface area (Å²) in [5.74, 6) is -1.07. The van der Waals surface area contributed by atoms with E-state index in [1.807, 2.05) is 70.5 Å². The quantitative estimate of drug-likeness (QED) is 0.142. The number of aliphatic hydroxyl groups is 1. The van der Waals surface area contributed by atoms with Crippen LogP contribution in [0.25, 0.3) is 10.4 Å². The van der Waals surface area contributed by atoms with Crippen molar-refractivity contribution in [2.75, 3.05) is 13.2 Å². The monoisotopic (exact) mass is 754 g/mol. The number of benzene rings is 2. The molecule has 0 spiro atoms. The van der Waals surface area contributed by atoms with Gasteiger partial charge in [-0.3, -0.25) is 19.2 Å². The van der Waals surface area contributed by atoms with Gasteiger partial charge in [-0.1, -0.05) is 68.8 Å². The fraction of sp³-hybridized carbons (Fsp3) is 0.500. The minimum atomic E-state index is -0.931. The van der Waals surface area contributed by atoms with E-state index in [1.54, 1.807) is 23.5 Å². The van der Waals surface area contributed by atoms with E-state index in [4.69, 9.17) is 27.8 Å². The van der Waals surface area contributed by atoms with Gasteiger partial charge in [-0.25, -0.2) is 4.98 Å². The number of ether oxygens (including phenoxy) is 1. The molecule has 52 heavy (non-hydrogen) atoms. The van der Waals surface area contributed by atoms with E-state index in [9.17, 15) is 24.3 Å². The Bertz CT molecular complexity index is 1710. The second-order valence-electron chi connectivity index (χ2n) is 14.5. The lowest BCUT2D eigenvalue weighted by Crippen LogP contribution is -2.57. The third kappa shape index (κ3) is 11.0. The number of primary amides is 1. The molecular weight excluding hydrogens is 704 g/mol. The van der Waals surface area contributed by atoms with Crippen LogP contribution in [0.5, 0.6) is 5.75 Å². The molecule has 282 valence electrons. The molecule has 1 aliphatic rings. The third-order valence-corrected chi connectivity index (χ3v) is 10.6. The lowest BCUT2D eigenvalue weighted by molar-refractivity contribution is -0.144. The van der Waals surface area contributed by atoms with Gasteiger partial charge in [0, 0.05) is 31.8 Å². The minimum Gasteiger partial charge on any atom is -0.490 e. The summed E-state index contributed by atoms with van der Waals surface area (Å²) in [6, 6.07) is 10.8. The number of hydrogen-bond donors (Lipinski definition) is 5. The van der Waals surface area contributed by atoms with Crippen molar-refractivity contribution in [2.45, 2.75) is 103 Å². The van der Waals surface area contributed by atoms with Crippen molar-refractivity contribution >= 4 is 46.6 Å². The van der Waals surface area contributed by atoms with Crippen LogP contribution in [0.3, 0.4) is 0 Å². The van der Waals surface area contributed by atoms with Gasteiger partial charge in [-0.05, 0) is 61.3 Å². The Labute approximate surface area is 314 Å². The van der Waals surface area contributed by atoms with Gasteiger partial charge >= 0.3 is 0 Å². The molecule has 3 aromatic rings. The number of thiazole rings is 1. The number of carbonyl (C=O) groups is 4. The maximum atomic E-state index is 14.0. The highest BCUT2D eigenvalue weighted by molar-refractivity contribution is 7.13. The molecule has 12 nitrogen and oxygen atoms in total. The molecule has 1 aliphatic heterocycles. The molecule has 1 saturated heterocycles. The highest BCUT2D eigenvalue weighted by atomic mass is 35.5. The fourth-order valence-corrected chi connectivity index (χ4v) is 7.24. The summed E-state index contributed by atoms with van der Waals surface area (Å²) in [4.78, 5) is 58.7. The van der Waals surface area contributed by atoms with Crippen molar-refractivity contribution in [3.8, 4) is 16.2 Å². The zero-order chi connectivity index (χ0) is 38.2. The molecule has 0 unspecified atom stereocenters. The number of likely N-dealkylation sites (tertiary alicyclic amines) is 1. The second-order valence-corrected chi connectivity index (χ2v) is 15.8. The van der Waals surface area contributed by atoms with Crippen molar-refractivity contribution < 1.29 is 29.0 Å². The number of aromatic nitrogens is 1. The SMILES string of the molecule is Cc1ncsc1-c1ccc([C@H](C)NC(=O)[C@@H]2C[C@H](O)CN2C(=O)[C@@H](NC(=O)CCCc2cccc(OC[C@@H](N)CCC(N)=O)c2Cl)C(C)(C)C)cc1. The predicted molar refractivity (Wildman–Crippen MR) is 203 cm³/mol. The molecule has 2 aromatic carbocycles. The van der Waals surface area contributed by atoms with Crippen LogP contribution in [0.1, 0.15) is 82.7 Å². The molecule has 0 radical (unpaired) electrons. The van der Waals surface area contributed by atoms with Crippen LogP contribution in [-0.4, -0.2) is 76.0 Å². The number of β-amino-alcohol motifs (C(OH)–C–C–N with tert-alkyl or cyclic N) is 1. The highest BCUT2D eigenvalue weighted by Crippen LogP contribution is 2.31. The maximum Gasteiger partial charge on any atom is 0.246 e.